The number of ether oxygens (including phenoxy) is 1. The summed E-state index contributed by atoms with van der Waals surface area (Å²) in [6.45, 7) is 3.90. The van der Waals surface area contributed by atoms with Crippen molar-refractivity contribution in [3.63, 3.8) is 0 Å². The van der Waals surface area contributed by atoms with Crippen molar-refractivity contribution >= 4 is 34.9 Å². The Bertz CT molecular complexity index is 760. The van der Waals surface area contributed by atoms with Crippen molar-refractivity contribution in [2.75, 3.05) is 17.7 Å². The van der Waals surface area contributed by atoms with Gasteiger partial charge in [-0.05, 0) is 48.2 Å². The maximum atomic E-state index is 11.9. The molecule has 5 nitrogen and oxygen atoms in total. The standard InChI is InChI=1S/C19H21ClN2O3/c1-3-12(2)13-4-7-15(8-5-13)22-18(23)11-25-19(24)14-6-9-16(20)17(21)10-14/h4-10,12H,3,11,21H2,1-2H3,(H,22,23)/t12-/m0/s1. The van der Waals surface area contributed by atoms with E-state index in [1.165, 1.54) is 23.8 Å². The maximum absolute atomic E-state index is 11.9. The number of carbonyl (C=O) groups is 2. The topological polar surface area (TPSA) is 81.4 Å². The third-order valence-corrected chi connectivity index (χ3v) is 4.29. The molecule has 1 atom stereocenters. The number of carbonyl (C=O) groups excluding carboxylic acids is 2. The molecule has 0 radical (unpaired) electrons. The van der Waals surface area contributed by atoms with Crippen LogP contribution in [0.1, 0.15) is 42.1 Å². The predicted octanol–water partition coefficient (Wildman–Crippen LogP) is 4.23. The summed E-state index contributed by atoms with van der Waals surface area (Å²) in [4.78, 5) is 23.8. The van der Waals surface area contributed by atoms with Crippen LogP contribution in [-0.2, 0) is 9.53 Å². The maximum Gasteiger partial charge on any atom is 0.338 e. The molecular weight excluding hydrogens is 340 g/mol. The minimum absolute atomic E-state index is 0.243. The van der Waals surface area contributed by atoms with E-state index >= 15 is 0 Å². The Labute approximate surface area is 152 Å². The van der Waals surface area contributed by atoms with E-state index < -0.39 is 11.9 Å². The monoisotopic (exact) mass is 360 g/mol. The molecule has 0 aromatic heterocycles. The van der Waals surface area contributed by atoms with E-state index in [4.69, 9.17) is 22.1 Å². The van der Waals surface area contributed by atoms with Gasteiger partial charge >= 0.3 is 5.97 Å². The number of nitrogen functional groups attached to an aromatic ring is 1. The quantitative estimate of drug-likeness (QED) is 0.596. The normalized spacial score (nSPS) is 11.6. The summed E-state index contributed by atoms with van der Waals surface area (Å²) in [5.74, 6) is -0.574. The Hall–Kier alpha value is -2.53. The summed E-state index contributed by atoms with van der Waals surface area (Å²) in [6.07, 6.45) is 1.05. The van der Waals surface area contributed by atoms with Crippen LogP contribution in [0.2, 0.25) is 5.02 Å². The Morgan fingerprint density at radius 1 is 1.20 bits per heavy atom. The number of nitrogens with one attached hydrogen (secondary N) is 1. The van der Waals surface area contributed by atoms with Crippen molar-refractivity contribution in [1.82, 2.24) is 0 Å². The number of nitrogens with two attached hydrogens (primary N) is 1. The smallest absolute Gasteiger partial charge is 0.338 e. The summed E-state index contributed by atoms with van der Waals surface area (Å²) in [5, 5.41) is 3.05. The number of esters is 1. The van der Waals surface area contributed by atoms with Gasteiger partial charge in [-0.1, -0.05) is 37.6 Å². The lowest BCUT2D eigenvalue weighted by Crippen LogP contribution is -2.21. The summed E-state index contributed by atoms with van der Waals surface area (Å²) >= 11 is 5.80. The van der Waals surface area contributed by atoms with Gasteiger partial charge < -0.3 is 15.8 Å². The van der Waals surface area contributed by atoms with Crippen LogP contribution in [0.25, 0.3) is 0 Å². The lowest BCUT2D eigenvalue weighted by molar-refractivity contribution is -0.119. The van der Waals surface area contributed by atoms with Gasteiger partial charge in [-0.3, -0.25) is 4.79 Å². The van der Waals surface area contributed by atoms with Gasteiger partial charge in [0.2, 0.25) is 0 Å². The van der Waals surface area contributed by atoms with Crippen molar-refractivity contribution < 1.29 is 14.3 Å². The molecule has 0 heterocycles. The lowest BCUT2D eigenvalue weighted by atomic mass is 9.99. The molecule has 2 aromatic carbocycles. The second-order valence-electron chi connectivity index (χ2n) is 5.79. The molecule has 0 aliphatic rings. The highest BCUT2D eigenvalue weighted by atomic mass is 35.5. The molecule has 0 unspecified atom stereocenters. The fourth-order valence-corrected chi connectivity index (χ4v) is 2.33. The minimum atomic E-state index is -0.634. The lowest BCUT2D eigenvalue weighted by Gasteiger charge is -2.11. The van der Waals surface area contributed by atoms with Crippen LogP contribution < -0.4 is 11.1 Å². The van der Waals surface area contributed by atoms with E-state index in [1.807, 2.05) is 24.3 Å². The summed E-state index contributed by atoms with van der Waals surface area (Å²) in [6, 6.07) is 12.0. The van der Waals surface area contributed by atoms with E-state index in [-0.39, 0.29) is 17.9 Å². The first-order valence-electron chi connectivity index (χ1n) is 8.02. The van der Waals surface area contributed by atoms with Gasteiger partial charge in [0.15, 0.2) is 6.61 Å². The first-order chi connectivity index (χ1) is 11.9. The second-order valence-corrected chi connectivity index (χ2v) is 6.20. The number of amides is 1. The van der Waals surface area contributed by atoms with E-state index in [0.717, 1.165) is 6.42 Å². The van der Waals surface area contributed by atoms with Crippen LogP contribution in [0.5, 0.6) is 0 Å². The van der Waals surface area contributed by atoms with Gasteiger partial charge in [-0.15, -0.1) is 0 Å². The molecule has 0 fully saturated rings. The van der Waals surface area contributed by atoms with Crippen LogP contribution in [0.4, 0.5) is 11.4 Å². The van der Waals surface area contributed by atoms with Gasteiger partial charge in [0.25, 0.3) is 5.91 Å². The highest BCUT2D eigenvalue weighted by molar-refractivity contribution is 6.33. The van der Waals surface area contributed by atoms with E-state index in [9.17, 15) is 9.59 Å². The number of rotatable bonds is 6. The largest absolute Gasteiger partial charge is 0.452 e. The number of hydrogen-bond donors (Lipinski definition) is 2. The molecular formula is C19H21ClN2O3. The zero-order valence-corrected chi connectivity index (χ0v) is 15.0. The van der Waals surface area contributed by atoms with Crippen LogP contribution in [0, 0.1) is 0 Å². The van der Waals surface area contributed by atoms with E-state index in [0.29, 0.717) is 16.6 Å². The van der Waals surface area contributed by atoms with Crippen molar-refractivity contribution in [1.29, 1.82) is 0 Å². The molecule has 0 saturated carbocycles. The fourth-order valence-electron chi connectivity index (χ4n) is 2.21. The first-order valence-corrected chi connectivity index (χ1v) is 8.40. The third-order valence-electron chi connectivity index (χ3n) is 3.94. The molecule has 25 heavy (non-hydrogen) atoms. The molecule has 0 bridgehead atoms. The van der Waals surface area contributed by atoms with Crippen LogP contribution in [0.3, 0.4) is 0 Å². The molecule has 2 aromatic rings. The molecule has 1 amide bonds. The third kappa shape index (κ3) is 5.22. The Morgan fingerprint density at radius 2 is 1.88 bits per heavy atom. The Kier molecular flexibility index (Phi) is 6.42. The van der Waals surface area contributed by atoms with Crippen molar-refractivity contribution in [3.05, 3.63) is 58.6 Å². The number of hydrogen-bond acceptors (Lipinski definition) is 4. The van der Waals surface area contributed by atoms with Gasteiger partial charge in [-0.25, -0.2) is 4.79 Å². The average molecular weight is 361 g/mol. The second kappa shape index (κ2) is 8.53. The van der Waals surface area contributed by atoms with Crippen molar-refractivity contribution in [2.24, 2.45) is 0 Å². The molecule has 6 heteroatoms. The summed E-state index contributed by atoms with van der Waals surface area (Å²) in [7, 11) is 0. The summed E-state index contributed by atoms with van der Waals surface area (Å²) < 4.78 is 4.99. The average Bonchev–Trinajstić information content (AvgIpc) is 2.62. The van der Waals surface area contributed by atoms with Gasteiger partial charge in [0.05, 0.1) is 16.3 Å². The van der Waals surface area contributed by atoms with Crippen LogP contribution in [0.15, 0.2) is 42.5 Å². The number of halogens is 1. The van der Waals surface area contributed by atoms with Gasteiger partial charge in [-0.2, -0.15) is 0 Å². The molecule has 3 N–H and O–H groups in total. The highest BCUT2D eigenvalue weighted by Crippen LogP contribution is 2.21. The van der Waals surface area contributed by atoms with Gasteiger partial charge in [0.1, 0.15) is 0 Å². The van der Waals surface area contributed by atoms with Gasteiger partial charge in [0, 0.05) is 5.69 Å². The minimum Gasteiger partial charge on any atom is -0.452 e. The molecule has 0 aliphatic heterocycles. The number of anilines is 2. The Morgan fingerprint density at radius 3 is 2.48 bits per heavy atom. The molecule has 2 rings (SSSR count). The first kappa shape index (κ1) is 18.8. The SMILES string of the molecule is CC[C@H](C)c1ccc(NC(=O)COC(=O)c2ccc(Cl)c(N)c2)cc1. The zero-order valence-electron chi connectivity index (χ0n) is 14.2. The Balaban J connectivity index is 1.87. The molecule has 0 saturated heterocycles. The molecule has 0 spiro atoms. The van der Waals surface area contributed by atoms with Crippen LogP contribution in [-0.4, -0.2) is 18.5 Å². The predicted molar refractivity (Wildman–Crippen MR) is 99.9 cm³/mol. The van der Waals surface area contributed by atoms with E-state index in [2.05, 4.69) is 19.2 Å². The van der Waals surface area contributed by atoms with Crippen molar-refractivity contribution in [3.8, 4) is 0 Å². The zero-order chi connectivity index (χ0) is 18.4. The highest BCUT2D eigenvalue weighted by Gasteiger charge is 2.12. The fraction of sp³-hybridized carbons (Fsp3) is 0.263. The van der Waals surface area contributed by atoms with Crippen LogP contribution >= 0.6 is 11.6 Å². The molecule has 132 valence electrons. The van der Waals surface area contributed by atoms with E-state index in [1.54, 1.807) is 0 Å². The molecule has 0 aliphatic carbocycles. The van der Waals surface area contributed by atoms with Crippen molar-refractivity contribution in [2.45, 2.75) is 26.2 Å². The number of benzene rings is 2. The summed E-state index contributed by atoms with van der Waals surface area (Å²) in [5.41, 5.74) is 8.04.